The number of aryl methyl sites for hydroxylation is 1. The molecule has 3 N–H and O–H groups in total. The van der Waals surface area contributed by atoms with Gasteiger partial charge in [-0.3, -0.25) is 5.32 Å². The molecule has 0 aliphatic heterocycles. The maximum absolute atomic E-state index is 11.7. The zero-order chi connectivity index (χ0) is 14.4. The molecule has 1 atom stereocenters. The Bertz CT molecular complexity index is 540. The quantitative estimate of drug-likeness (QED) is 0.792. The van der Waals surface area contributed by atoms with E-state index >= 15 is 0 Å². The van der Waals surface area contributed by atoms with Crippen LogP contribution in [0.25, 0.3) is 0 Å². The van der Waals surface area contributed by atoms with Gasteiger partial charge in [-0.2, -0.15) is 0 Å². The number of rotatable bonds is 5. The smallest absolute Gasteiger partial charge is 0.321 e. The first-order valence-electron chi connectivity index (χ1n) is 6.38. The number of hydrogen-bond donors (Lipinski definition) is 3. The van der Waals surface area contributed by atoms with Crippen LogP contribution < -0.4 is 10.6 Å². The molecule has 0 bridgehead atoms. The number of thiazole rings is 1. The Morgan fingerprint density at radius 1 is 1.40 bits per heavy atom. The van der Waals surface area contributed by atoms with Gasteiger partial charge in [-0.1, -0.05) is 12.1 Å². The number of benzene rings is 1. The average Bonchev–Trinajstić information content (AvgIpc) is 2.90. The van der Waals surface area contributed by atoms with Crippen molar-refractivity contribution in [2.45, 2.75) is 25.8 Å². The van der Waals surface area contributed by atoms with Crippen molar-refractivity contribution < 1.29 is 9.90 Å². The molecule has 2 rings (SSSR count). The first-order chi connectivity index (χ1) is 9.63. The summed E-state index contributed by atoms with van der Waals surface area (Å²) >= 11 is 1.38. The molecule has 20 heavy (non-hydrogen) atoms. The second-order valence-corrected chi connectivity index (χ2v) is 5.44. The van der Waals surface area contributed by atoms with E-state index in [9.17, 15) is 9.90 Å². The Kier molecular flexibility index (Phi) is 4.95. The standard InChI is InChI=1S/C14H17N3O2S/c1-10(2-3-11-4-6-12(18)7-5-11)16-13(19)17-14-15-8-9-20-14/h4-10,18H,2-3H2,1H3,(H2,15,16,17,19). The lowest BCUT2D eigenvalue weighted by molar-refractivity contribution is 0.248. The molecule has 0 fully saturated rings. The van der Waals surface area contributed by atoms with Crippen LogP contribution in [0.2, 0.25) is 0 Å². The lowest BCUT2D eigenvalue weighted by atomic mass is 10.1. The summed E-state index contributed by atoms with van der Waals surface area (Å²) in [4.78, 5) is 15.7. The van der Waals surface area contributed by atoms with Crippen LogP contribution in [0.3, 0.4) is 0 Å². The fourth-order valence-electron chi connectivity index (χ4n) is 1.76. The third-order valence-electron chi connectivity index (χ3n) is 2.83. The number of amides is 2. The maximum atomic E-state index is 11.7. The number of carbonyl (C=O) groups excluding carboxylic acids is 1. The van der Waals surface area contributed by atoms with Crippen molar-refractivity contribution in [2.24, 2.45) is 0 Å². The number of phenols is 1. The van der Waals surface area contributed by atoms with Gasteiger partial charge in [0.05, 0.1) is 0 Å². The van der Waals surface area contributed by atoms with Crippen molar-refractivity contribution in [3.8, 4) is 5.75 Å². The molecule has 0 spiro atoms. The summed E-state index contributed by atoms with van der Waals surface area (Å²) < 4.78 is 0. The van der Waals surface area contributed by atoms with E-state index in [0.717, 1.165) is 18.4 Å². The largest absolute Gasteiger partial charge is 0.508 e. The van der Waals surface area contributed by atoms with Crippen LogP contribution in [0.4, 0.5) is 9.93 Å². The second kappa shape index (κ2) is 6.91. The summed E-state index contributed by atoms with van der Waals surface area (Å²) in [5.74, 6) is 0.266. The van der Waals surface area contributed by atoms with Crippen molar-refractivity contribution in [3.63, 3.8) is 0 Å². The highest BCUT2D eigenvalue weighted by Crippen LogP contribution is 2.12. The van der Waals surface area contributed by atoms with Crippen LogP contribution in [-0.2, 0) is 6.42 Å². The number of nitrogens with one attached hydrogen (secondary N) is 2. The first-order valence-corrected chi connectivity index (χ1v) is 7.26. The molecule has 2 amide bonds. The lowest BCUT2D eigenvalue weighted by Gasteiger charge is -2.13. The van der Waals surface area contributed by atoms with E-state index in [4.69, 9.17) is 0 Å². The SMILES string of the molecule is CC(CCc1ccc(O)cc1)NC(=O)Nc1nccs1. The van der Waals surface area contributed by atoms with Crippen LogP contribution in [0.5, 0.6) is 5.75 Å². The Hall–Kier alpha value is -2.08. The van der Waals surface area contributed by atoms with Gasteiger partial charge in [0.1, 0.15) is 5.75 Å². The van der Waals surface area contributed by atoms with Gasteiger partial charge in [0.25, 0.3) is 0 Å². The molecule has 1 unspecified atom stereocenters. The molecular weight excluding hydrogens is 274 g/mol. The molecule has 1 heterocycles. The summed E-state index contributed by atoms with van der Waals surface area (Å²) in [7, 11) is 0. The molecular formula is C14H17N3O2S. The van der Waals surface area contributed by atoms with Gasteiger partial charge < -0.3 is 10.4 Å². The molecule has 1 aromatic heterocycles. The molecule has 5 nitrogen and oxygen atoms in total. The Balaban J connectivity index is 1.73. The highest BCUT2D eigenvalue weighted by molar-refractivity contribution is 7.13. The number of carbonyl (C=O) groups is 1. The molecule has 0 saturated carbocycles. The summed E-state index contributed by atoms with van der Waals surface area (Å²) in [6.45, 7) is 1.96. The zero-order valence-electron chi connectivity index (χ0n) is 11.2. The highest BCUT2D eigenvalue weighted by atomic mass is 32.1. The number of nitrogens with zero attached hydrogens (tertiary/aromatic N) is 1. The highest BCUT2D eigenvalue weighted by Gasteiger charge is 2.08. The van der Waals surface area contributed by atoms with Crippen molar-refractivity contribution in [2.75, 3.05) is 5.32 Å². The van der Waals surface area contributed by atoms with Gasteiger partial charge in [-0.05, 0) is 37.5 Å². The van der Waals surface area contributed by atoms with E-state index in [1.807, 2.05) is 24.4 Å². The topological polar surface area (TPSA) is 74.2 Å². The minimum atomic E-state index is -0.238. The predicted molar refractivity (Wildman–Crippen MR) is 80.2 cm³/mol. The second-order valence-electron chi connectivity index (χ2n) is 4.54. The summed E-state index contributed by atoms with van der Waals surface area (Å²) in [5, 5.41) is 17.2. The summed E-state index contributed by atoms with van der Waals surface area (Å²) in [6.07, 6.45) is 3.32. The Morgan fingerprint density at radius 3 is 2.80 bits per heavy atom. The van der Waals surface area contributed by atoms with Gasteiger partial charge in [0.15, 0.2) is 5.13 Å². The summed E-state index contributed by atoms with van der Waals surface area (Å²) in [5.41, 5.74) is 1.14. The van der Waals surface area contributed by atoms with Crippen LogP contribution in [-0.4, -0.2) is 22.2 Å². The molecule has 6 heteroatoms. The van der Waals surface area contributed by atoms with Gasteiger partial charge in [0.2, 0.25) is 0 Å². The van der Waals surface area contributed by atoms with Crippen LogP contribution >= 0.6 is 11.3 Å². The maximum Gasteiger partial charge on any atom is 0.321 e. The minimum absolute atomic E-state index is 0.0590. The normalized spacial score (nSPS) is 11.8. The van der Waals surface area contributed by atoms with Gasteiger partial charge in [0, 0.05) is 17.6 Å². The lowest BCUT2D eigenvalue weighted by Crippen LogP contribution is -2.36. The minimum Gasteiger partial charge on any atom is -0.508 e. The third-order valence-corrected chi connectivity index (χ3v) is 3.52. The molecule has 1 aromatic carbocycles. The number of aromatic nitrogens is 1. The zero-order valence-corrected chi connectivity index (χ0v) is 12.0. The van der Waals surface area contributed by atoms with Crippen molar-refractivity contribution in [3.05, 3.63) is 41.4 Å². The number of phenolic OH excluding ortho intramolecular Hbond substituents is 1. The first kappa shape index (κ1) is 14.3. The van der Waals surface area contributed by atoms with E-state index in [1.54, 1.807) is 18.3 Å². The van der Waals surface area contributed by atoms with E-state index in [1.165, 1.54) is 11.3 Å². The molecule has 0 radical (unpaired) electrons. The molecule has 2 aromatic rings. The van der Waals surface area contributed by atoms with E-state index in [0.29, 0.717) is 5.13 Å². The Labute approximate surface area is 121 Å². The fourth-order valence-corrected chi connectivity index (χ4v) is 2.28. The number of aromatic hydroxyl groups is 1. The Morgan fingerprint density at radius 2 is 2.15 bits per heavy atom. The van der Waals surface area contributed by atoms with E-state index in [2.05, 4.69) is 15.6 Å². The third kappa shape index (κ3) is 4.55. The molecule has 0 aliphatic rings. The molecule has 0 aliphatic carbocycles. The number of urea groups is 1. The molecule has 0 saturated heterocycles. The van der Waals surface area contributed by atoms with E-state index in [-0.39, 0.29) is 17.8 Å². The number of hydrogen-bond acceptors (Lipinski definition) is 4. The van der Waals surface area contributed by atoms with Crippen LogP contribution in [0.15, 0.2) is 35.8 Å². The molecule has 106 valence electrons. The monoisotopic (exact) mass is 291 g/mol. The van der Waals surface area contributed by atoms with Crippen molar-refractivity contribution >= 4 is 22.5 Å². The average molecular weight is 291 g/mol. The van der Waals surface area contributed by atoms with Crippen LogP contribution in [0.1, 0.15) is 18.9 Å². The van der Waals surface area contributed by atoms with Crippen molar-refractivity contribution in [1.29, 1.82) is 0 Å². The predicted octanol–water partition coefficient (Wildman–Crippen LogP) is 2.99. The van der Waals surface area contributed by atoms with E-state index < -0.39 is 0 Å². The fraction of sp³-hybridized carbons (Fsp3) is 0.286. The van der Waals surface area contributed by atoms with Gasteiger partial charge in [-0.15, -0.1) is 11.3 Å². The van der Waals surface area contributed by atoms with Gasteiger partial charge >= 0.3 is 6.03 Å². The van der Waals surface area contributed by atoms with Crippen molar-refractivity contribution in [1.82, 2.24) is 10.3 Å². The number of anilines is 1. The van der Waals surface area contributed by atoms with Gasteiger partial charge in [-0.25, -0.2) is 9.78 Å². The summed E-state index contributed by atoms with van der Waals surface area (Å²) in [6, 6.07) is 6.93. The van der Waals surface area contributed by atoms with Crippen LogP contribution in [0, 0.1) is 0 Å².